The van der Waals surface area contributed by atoms with Crippen molar-refractivity contribution in [3.05, 3.63) is 41.2 Å². The maximum Gasteiger partial charge on any atom is 0.337 e. The van der Waals surface area contributed by atoms with Gasteiger partial charge in [-0.05, 0) is 30.7 Å². The topological polar surface area (TPSA) is 69.0 Å². The molecule has 0 atom stereocenters. The number of ether oxygens (including phenoxy) is 1. The van der Waals surface area contributed by atoms with Crippen molar-refractivity contribution in [1.29, 1.82) is 0 Å². The predicted molar refractivity (Wildman–Crippen MR) is 70.8 cm³/mol. The molecule has 0 spiro atoms. The zero-order valence-electron chi connectivity index (χ0n) is 11.2. The van der Waals surface area contributed by atoms with Crippen molar-refractivity contribution >= 4 is 11.7 Å². The molecule has 0 aliphatic rings. The number of hydrogen-bond acceptors (Lipinski definition) is 5. The lowest BCUT2D eigenvalue weighted by Crippen LogP contribution is -2.07. The molecule has 0 fully saturated rings. The Balaban J connectivity index is 2.09. The zero-order chi connectivity index (χ0) is 13.8. The van der Waals surface area contributed by atoms with Crippen molar-refractivity contribution in [2.45, 2.75) is 13.5 Å². The molecule has 1 N–H and O–H groups in total. The number of methoxy groups -OCH3 is 1. The Bertz CT molecular complexity index is 592. The highest BCUT2D eigenvalue weighted by atomic mass is 16.5. The Kier molecular flexibility index (Phi) is 3.79. The summed E-state index contributed by atoms with van der Waals surface area (Å²) in [4.78, 5) is 11.4. The highest BCUT2D eigenvalue weighted by molar-refractivity contribution is 5.90. The van der Waals surface area contributed by atoms with E-state index >= 15 is 0 Å². The Hall–Kier alpha value is -2.37. The minimum Gasteiger partial charge on any atom is -0.465 e. The first kappa shape index (κ1) is 13.1. The predicted octanol–water partition coefficient (Wildman–Crippen LogP) is 1.52. The molecule has 2 aromatic rings. The normalized spacial score (nSPS) is 10.3. The van der Waals surface area contributed by atoms with Gasteiger partial charge in [0.25, 0.3) is 0 Å². The van der Waals surface area contributed by atoms with Gasteiger partial charge in [0.2, 0.25) is 0 Å². The molecule has 6 heteroatoms. The van der Waals surface area contributed by atoms with Crippen LogP contribution in [0.1, 0.15) is 21.6 Å². The molecule has 0 saturated carbocycles. The third-order valence-electron chi connectivity index (χ3n) is 2.92. The van der Waals surface area contributed by atoms with E-state index in [1.54, 1.807) is 23.0 Å². The average molecular weight is 260 g/mol. The van der Waals surface area contributed by atoms with E-state index in [-0.39, 0.29) is 5.97 Å². The van der Waals surface area contributed by atoms with Gasteiger partial charge in [0.05, 0.1) is 31.1 Å². The standard InChI is InChI=1S/C13H16N4O2/c1-9-6-10(13(18)19-3)4-5-12(9)14-7-11-8-15-16-17(11)2/h4-6,8,14H,7H2,1-3H3. The number of aryl methyl sites for hydroxylation is 2. The Morgan fingerprint density at radius 3 is 2.84 bits per heavy atom. The molecule has 2 rings (SSSR count). The summed E-state index contributed by atoms with van der Waals surface area (Å²) in [5.41, 5.74) is 3.48. The number of aromatic nitrogens is 3. The Morgan fingerprint density at radius 2 is 2.26 bits per heavy atom. The second-order valence-corrected chi connectivity index (χ2v) is 4.22. The van der Waals surface area contributed by atoms with E-state index in [4.69, 9.17) is 0 Å². The maximum atomic E-state index is 11.4. The first-order chi connectivity index (χ1) is 9.11. The molecule has 100 valence electrons. The van der Waals surface area contributed by atoms with Crippen LogP contribution in [0.3, 0.4) is 0 Å². The molecule has 0 bridgehead atoms. The Labute approximate surface area is 111 Å². The van der Waals surface area contributed by atoms with Crippen LogP contribution in [-0.4, -0.2) is 28.1 Å². The van der Waals surface area contributed by atoms with Gasteiger partial charge in [-0.1, -0.05) is 5.21 Å². The third kappa shape index (κ3) is 2.90. The van der Waals surface area contributed by atoms with Crippen LogP contribution in [0.25, 0.3) is 0 Å². The maximum absolute atomic E-state index is 11.4. The van der Waals surface area contributed by atoms with Gasteiger partial charge >= 0.3 is 5.97 Å². The number of anilines is 1. The van der Waals surface area contributed by atoms with Gasteiger partial charge < -0.3 is 10.1 Å². The number of rotatable bonds is 4. The second kappa shape index (κ2) is 5.51. The summed E-state index contributed by atoms with van der Waals surface area (Å²) in [6.07, 6.45) is 1.71. The minimum absolute atomic E-state index is 0.328. The number of nitrogens with one attached hydrogen (secondary N) is 1. The van der Waals surface area contributed by atoms with Crippen LogP contribution in [0.5, 0.6) is 0 Å². The van der Waals surface area contributed by atoms with Crippen molar-refractivity contribution < 1.29 is 9.53 Å². The molecule has 0 saturated heterocycles. The number of benzene rings is 1. The molecule has 0 aliphatic heterocycles. The second-order valence-electron chi connectivity index (χ2n) is 4.22. The molecule has 6 nitrogen and oxygen atoms in total. The summed E-state index contributed by atoms with van der Waals surface area (Å²) in [6.45, 7) is 2.57. The van der Waals surface area contributed by atoms with Crippen molar-refractivity contribution in [2.24, 2.45) is 7.05 Å². The zero-order valence-corrected chi connectivity index (χ0v) is 11.2. The average Bonchev–Trinajstić information content (AvgIpc) is 2.82. The first-order valence-electron chi connectivity index (χ1n) is 5.88. The summed E-state index contributed by atoms with van der Waals surface area (Å²) in [5.74, 6) is -0.328. The lowest BCUT2D eigenvalue weighted by atomic mass is 10.1. The van der Waals surface area contributed by atoms with E-state index in [9.17, 15) is 4.79 Å². The van der Waals surface area contributed by atoms with Crippen LogP contribution in [0.4, 0.5) is 5.69 Å². The van der Waals surface area contributed by atoms with Crippen LogP contribution in [0.15, 0.2) is 24.4 Å². The van der Waals surface area contributed by atoms with Gasteiger partial charge in [-0.2, -0.15) is 0 Å². The van der Waals surface area contributed by atoms with Crippen molar-refractivity contribution in [3.8, 4) is 0 Å². The van der Waals surface area contributed by atoms with E-state index in [0.29, 0.717) is 12.1 Å². The van der Waals surface area contributed by atoms with Gasteiger partial charge in [-0.15, -0.1) is 5.10 Å². The van der Waals surface area contributed by atoms with Crippen molar-refractivity contribution in [3.63, 3.8) is 0 Å². The highest BCUT2D eigenvalue weighted by Crippen LogP contribution is 2.17. The smallest absolute Gasteiger partial charge is 0.337 e. The fraction of sp³-hybridized carbons (Fsp3) is 0.308. The lowest BCUT2D eigenvalue weighted by Gasteiger charge is -2.10. The summed E-state index contributed by atoms with van der Waals surface area (Å²) in [7, 11) is 3.22. The fourth-order valence-corrected chi connectivity index (χ4v) is 1.76. The largest absolute Gasteiger partial charge is 0.465 e. The van der Waals surface area contributed by atoms with Gasteiger partial charge in [0.1, 0.15) is 0 Å². The van der Waals surface area contributed by atoms with Crippen LogP contribution < -0.4 is 5.32 Å². The van der Waals surface area contributed by atoms with Gasteiger partial charge in [0, 0.05) is 12.7 Å². The molecule has 0 radical (unpaired) electrons. The van der Waals surface area contributed by atoms with Gasteiger partial charge in [0.15, 0.2) is 0 Å². The van der Waals surface area contributed by atoms with Crippen LogP contribution in [0, 0.1) is 6.92 Å². The van der Waals surface area contributed by atoms with Crippen molar-refractivity contribution in [1.82, 2.24) is 15.0 Å². The van der Waals surface area contributed by atoms with Gasteiger partial charge in [-0.3, -0.25) is 4.68 Å². The Morgan fingerprint density at radius 1 is 1.47 bits per heavy atom. The third-order valence-corrected chi connectivity index (χ3v) is 2.92. The molecule has 0 unspecified atom stereocenters. The molecule has 1 aromatic carbocycles. The SMILES string of the molecule is COC(=O)c1ccc(NCc2cnnn2C)c(C)c1. The van der Waals surface area contributed by atoms with E-state index in [2.05, 4.69) is 20.4 Å². The first-order valence-corrected chi connectivity index (χ1v) is 5.88. The number of carbonyl (C=O) groups is 1. The lowest BCUT2D eigenvalue weighted by molar-refractivity contribution is 0.0600. The molecule has 1 aromatic heterocycles. The fourth-order valence-electron chi connectivity index (χ4n) is 1.76. The number of hydrogen-bond donors (Lipinski definition) is 1. The van der Waals surface area contributed by atoms with Crippen LogP contribution in [0.2, 0.25) is 0 Å². The van der Waals surface area contributed by atoms with Crippen molar-refractivity contribution in [2.75, 3.05) is 12.4 Å². The number of esters is 1. The number of carbonyl (C=O) groups excluding carboxylic acids is 1. The summed E-state index contributed by atoms with van der Waals surface area (Å²) in [5, 5.41) is 11.0. The highest BCUT2D eigenvalue weighted by Gasteiger charge is 2.08. The summed E-state index contributed by atoms with van der Waals surface area (Å²) in [6, 6.07) is 5.41. The molecule has 1 heterocycles. The molecule has 19 heavy (non-hydrogen) atoms. The summed E-state index contributed by atoms with van der Waals surface area (Å²) < 4.78 is 6.40. The number of nitrogens with zero attached hydrogens (tertiary/aromatic N) is 3. The molecular formula is C13H16N4O2. The molecular weight excluding hydrogens is 244 g/mol. The minimum atomic E-state index is -0.328. The molecule has 0 amide bonds. The van der Waals surface area contributed by atoms with Gasteiger partial charge in [-0.25, -0.2) is 4.79 Å². The quantitative estimate of drug-likeness (QED) is 0.844. The van der Waals surface area contributed by atoms with E-state index in [1.165, 1.54) is 7.11 Å². The van der Waals surface area contributed by atoms with E-state index in [0.717, 1.165) is 16.9 Å². The van der Waals surface area contributed by atoms with E-state index < -0.39 is 0 Å². The van der Waals surface area contributed by atoms with Crippen LogP contribution >= 0.6 is 0 Å². The summed E-state index contributed by atoms with van der Waals surface area (Å²) >= 11 is 0. The molecule has 0 aliphatic carbocycles. The monoisotopic (exact) mass is 260 g/mol. The van der Waals surface area contributed by atoms with Crippen LogP contribution in [-0.2, 0) is 18.3 Å². The van der Waals surface area contributed by atoms with E-state index in [1.807, 2.05) is 20.0 Å².